The SMILES string of the molecule is CCCCC(S)(Cl)c1ccc(Cl)cc1. The van der Waals surface area contributed by atoms with Gasteiger partial charge in [0.15, 0.2) is 0 Å². The highest BCUT2D eigenvalue weighted by atomic mass is 35.5. The fraction of sp³-hybridized carbons (Fsp3) is 0.455. The van der Waals surface area contributed by atoms with E-state index in [4.69, 9.17) is 23.2 Å². The highest BCUT2D eigenvalue weighted by Gasteiger charge is 2.23. The van der Waals surface area contributed by atoms with Gasteiger partial charge in [-0.15, -0.1) is 11.6 Å². The van der Waals surface area contributed by atoms with Crippen molar-refractivity contribution in [3.05, 3.63) is 34.9 Å². The third-order valence-corrected chi connectivity index (χ3v) is 3.29. The second-order valence-corrected chi connectivity index (χ2v) is 5.48. The Kier molecular flexibility index (Phi) is 4.62. The van der Waals surface area contributed by atoms with Gasteiger partial charge in [0, 0.05) is 5.02 Å². The maximum absolute atomic E-state index is 6.31. The van der Waals surface area contributed by atoms with Gasteiger partial charge in [-0.05, 0) is 24.1 Å². The zero-order valence-corrected chi connectivity index (χ0v) is 10.5. The molecule has 3 heteroatoms. The summed E-state index contributed by atoms with van der Waals surface area (Å²) in [6.07, 6.45) is 3.08. The van der Waals surface area contributed by atoms with Gasteiger partial charge in [0.1, 0.15) is 4.21 Å². The van der Waals surface area contributed by atoms with Crippen LogP contribution in [-0.4, -0.2) is 0 Å². The van der Waals surface area contributed by atoms with Crippen molar-refractivity contribution < 1.29 is 0 Å². The molecule has 0 spiro atoms. The summed E-state index contributed by atoms with van der Waals surface area (Å²) < 4.78 is -0.555. The van der Waals surface area contributed by atoms with Crippen LogP contribution in [0.3, 0.4) is 0 Å². The monoisotopic (exact) mass is 248 g/mol. The molecule has 14 heavy (non-hydrogen) atoms. The second kappa shape index (κ2) is 5.29. The molecule has 1 aromatic rings. The highest BCUT2D eigenvalue weighted by molar-refractivity contribution is 7.82. The number of halogens is 2. The van der Waals surface area contributed by atoms with Gasteiger partial charge in [0.25, 0.3) is 0 Å². The van der Waals surface area contributed by atoms with E-state index < -0.39 is 4.21 Å². The van der Waals surface area contributed by atoms with Gasteiger partial charge in [-0.25, -0.2) is 0 Å². The summed E-state index contributed by atoms with van der Waals surface area (Å²) in [4.78, 5) is 0. The van der Waals surface area contributed by atoms with Crippen molar-refractivity contribution in [3.63, 3.8) is 0 Å². The maximum Gasteiger partial charge on any atom is 0.112 e. The van der Waals surface area contributed by atoms with Crippen molar-refractivity contribution in [2.75, 3.05) is 0 Å². The molecule has 1 unspecified atom stereocenters. The van der Waals surface area contributed by atoms with Crippen molar-refractivity contribution in [2.45, 2.75) is 30.4 Å². The van der Waals surface area contributed by atoms with Crippen molar-refractivity contribution in [3.8, 4) is 0 Å². The number of rotatable bonds is 4. The Morgan fingerprint density at radius 2 is 1.86 bits per heavy atom. The Bertz CT molecular complexity index is 280. The first-order valence-electron chi connectivity index (χ1n) is 4.73. The quantitative estimate of drug-likeness (QED) is 0.572. The number of hydrogen-bond acceptors (Lipinski definition) is 1. The number of benzene rings is 1. The van der Waals surface area contributed by atoms with Crippen LogP contribution in [0.4, 0.5) is 0 Å². The third kappa shape index (κ3) is 3.38. The van der Waals surface area contributed by atoms with Crippen molar-refractivity contribution in [1.29, 1.82) is 0 Å². The zero-order chi connectivity index (χ0) is 10.6. The Hall–Kier alpha value is 0.150. The van der Waals surface area contributed by atoms with Gasteiger partial charge in [-0.3, -0.25) is 0 Å². The first kappa shape index (κ1) is 12.2. The largest absolute Gasteiger partial charge is 0.152 e. The molecule has 0 bridgehead atoms. The molecule has 1 rings (SSSR count). The summed E-state index contributed by atoms with van der Waals surface area (Å²) in [5.74, 6) is 0. The minimum atomic E-state index is -0.555. The van der Waals surface area contributed by atoms with Crippen LogP contribution in [0.2, 0.25) is 5.02 Å². The van der Waals surface area contributed by atoms with Gasteiger partial charge in [0.05, 0.1) is 0 Å². The van der Waals surface area contributed by atoms with E-state index in [1.807, 2.05) is 24.3 Å². The van der Waals surface area contributed by atoms with E-state index in [1.165, 1.54) is 0 Å². The van der Waals surface area contributed by atoms with Gasteiger partial charge >= 0.3 is 0 Å². The number of unbranched alkanes of at least 4 members (excludes halogenated alkanes) is 1. The molecule has 0 saturated carbocycles. The third-order valence-electron chi connectivity index (χ3n) is 2.15. The summed E-state index contributed by atoms with van der Waals surface area (Å²) >= 11 is 16.6. The van der Waals surface area contributed by atoms with Crippen LogP contribution >= 0.6 is 35.8 Å². The molecule has 0 heterocycles. The van der Waals surface area contributed by atoms with Gasteiger partial charge < -0.3 is 0 Å². The predicted molar refractivity (Wildman–Crippen MR) is 67.5 cm³/mol. The summed E-state index contributed by atoms with van der Waals surface area (Å²) in [6.45, 7) is 2.14. The topological polar surface area (TPSA) is 0 Å². The molecular weight excluding hydrogens is 235 g/mol. The summed E-state index contributed by atoms with van der Waals surface area (Å²) in [6, 6.07) is 7.54. The molecule has 0 saturated heterocycles. The lowest BCUT2D eigenvalue weighted by atomic mass is 10.1. The first-order chi connectivity index (χ1) is 6.56. The van der Waals surface area contributed by atoms with Crippen LogP contribution in [0.1, 0.15) is 31.7 Å². The normalized spacial score (nSPS) is 15.1. The van der Waals surface area contributed by atoms with E-state index >= 15 is 0 Å². The van der Waals surface area contributed by atoms with E-state index in [0.717, 1.165) is 29.8 Å². The second-order valence-electron chi connectivity index (χ2n) is 3.37. The molecule has 0 amide bonds. The van der Waals surface area contributed by atoms with Crippen LogP contribution in [0.5, 0.6) is 0 Å². The Morgan fingerprint density at radius 1 is 1.29 bits per heavy atom. The molecule has 0 N–H and O–H groups in total. The molecule has 78 valence electrons. The molecular formula is C11H14Cl2S. The van der Waals surface area contributed by atoms with Crippen LogP contribution in [0.15, 0.2) is 24.3 Å². The predicted octanol–water partition coefficient (Wildman–Crippen LogP) is 4.85. The number of hydrogen-bond donors (Lipinski definition) is 1. The number of alkyl halides is 1. The van der Waals surface area contributed by atoms with E-state index in [0.29, 0.717) is 0 Å². The first-order valence-corrected chi connectivity index (χ1v) is 5.94. The van der Waals surface area contributed by atoms with Crippen molar-refractivity contribution in [2.24, 2.45) is 0 Å². The molecule has 0 aliphatic rings. The molecule has 0 aromatic heterocycles. The molecule has 0 aliphatic carbocycles. The Labute approximate surface area is 101 Å². The lowest BCUT2D eigenvalue weighted by Gasteiger charge is -2.21. The van der Waals surface area contributed by atoms with Gasteiger partial charge in [0.2, 0.25) is 0 Å². The number of thiol groups is 1. The fourth-order valence-corrected chi connectivity index (χ4v) is 1.95. The van der Waals surface area contributed by atoms with E-state index in [-0.39, 0.29) is 0 Å². The van der Waals surface area contributed by atoms with Crippen LogP contribution < -0.4 is 0 Å². The average molecular weight is 249 g/mol. The van der Waals surface area contributed by atoms with E-state index in [1.54, 1.807) is 0 Å². The average Bonchev–Trinajstić information content (AvgIpc) is 2.16. The minimum Gasteiger partial charge on any atom is -0.152 e. The van der Waals surface area contributed by atoms with E-state index in [9.17, 15) is 0 Å². The summed E-state index contributed by atoms with van der Waals surface area (Å²) in [7, 11) is 0. The molecule has 1 atom stereocenters. The smallest absolute Gasteiger partial charge is 0.112 e. The van der Waals surface area contributed by atoms with Crippen LogP contribution in [0.25, 0.3) is 0 Å². The Morgan fingerprint density at radius 3 is 2.36 bits per heavy atom. The molecule has 0 aliphatic heterocycles. The van der Waals surface area contributed by atoms with E-state index in [2.05, 4.69) is 19.6 Å². The summed E-state index contributed by atoms with van der Waals surface area (Å²) in [5.41, 5.74) is 1.01. The summed E-state index contributed by atoms with van der Waals surface area (Å²) in [5, 5.41) is 0.727. The minimum absolute atomic E-state index is 0.555. The van der Waals surface area contributed by atoms with Crippen molar-refractivity contribution in [1.82, 2.24) is 0 Å². The van der Waals surface area contributed by atoms with Gasteiger partial charge in [-0.2, -0.15) is 12.6 Å². The fourth-order valence-electron chi connectivity index (χ4n) is 1.26. The highest BCUT2D eigenvalue weighted by Crippen LogP contribution is 2.38. The molecule has 0 radical (unpaired) electrons. The maximum atomic E-state index is 6.31. The standard InChI is InChI=1S/C11H14Cl2S/c1-2-3-8-11(13,14)9-4-6-10(12)7-5-9/h4-7,14H,2-3,8H2,1H3. The van der Waals surface area contributed by atoms with Crippen molar-refractivity contribution >= 4 is 35.8 Å². The van der Waals surface area contributed by atoms with Crippen LogP contribution in [-0.2, 0) is 4.21 Å². The Balaban J connectivity index is 2.75. The van der Waals surface area contributed by atoms with Gasteiger partial charge in [-0.1, -0.05) is 43.5 Å². The lowest BCUT2D eigenvalue weighted by molar-refractivity contribution is 0.671. The van der Waals surface area contributed by atoms with Crippen LogP contribution in [0, 0.1) is 0 Å². The zero-order valence-electron chi connectivity index (χ0n) is 8.13. The lowest BCUT2D eigenvalue weighted by Crippen LogP contribution is -2.09. The molecule has 0 fully saturated rings. The molecule has 1 aromatic carbocycles. The molecule has 0 nitrogen and oxygen atoms in total.